The zero-order valence-corrected chi connectivity index (χ0v) is 9.85. The molecule has 0 spiro atoms. The number of H-pyrrole nitrogens is 1. The lowest BCUT2D eigenvalue weighted by atomic mass is 10.2. The van der Waals surface area contributed by atoms with Gasteiger partial charge in [-0.1, -0.05) is 13.0 Å². The number of carbonyl (C=O) groups is 1. The van der Waals surface area contributed by atoms with Gasteiger partial charge in [0.05, 0.1) is 6.04 Å². The summed E-state index contributed by atoms with van der Waals surface area (Å²) in [5.41, 5.74) is 0.0556. The van der Waals surface area contributed by atoms with Crippen LogP contribution in [0.3, 0.4) is 0 Å². The highest BCUT2D eigenvalue weighted by Crippen LogP contribution is 2.12. The predicted molar refractivity (Wildman–Crippen MR) is 63.3 cm³/mol. The summed E-state index contributed by atoms with van der Waals surface area (Å²) in [5.74, 6) is -0.422. The highest BCUT2D eigenvalue weighted by Gasteiger charge is 2.16. The number of aromatic amines is 1. The molecule has 0 saturated carbocycles. The Morgan fingerprint density at radius 2 is 2.39 bits per heavy atom. The van der Waals surface area contributed by atoms with Crippen molar-refractivity contribution >= 4 is 5.91 Å². The first-order valence-corrected chi connectivity index (χ1v) is 5.63. The Bertz CT molecular complexity index is 527. The number of carbonyl (C=O) groups excluding carboxylic acids is 1. The maximum Gasteiger partial charge on any atom is 0.270 e. The molecule has 2 heterocycles. The zero-order chi connectivity index (χ0) is 13.0. The van der Waals surface area contributed by atoms with Crippen molar-refractivity contribution in [3.63, 3.8) is 0 Å². The van der Waals surface area contributed by atoms with E-state index in [0.717, 1.165) is 0 Å². The van der Waals surface area contributed by atoms with Crippen molar-refractivity contribution in [2.24, 2.45) is 0 Å². The van der Waals surface area contributed by atoms with Crippen LogP contribution in [0.15, 0.2) is 30.6 Å². The molecule has 0 aliphatic rings. The Balaban J connectivity index is 2.11. The van der Waals surface area contributed by atoms with Crippen molar-refractivity contribution in [3.8, 4) is 0 Å². The Labute approximate surface area is 103 Å². The lowest BCUT2D eigenvalue weighted by Crippen LogP contribution is -2.29. The molecule has 1 amide bonds. The summed E-state index contributed by atoms with van der Waals surface area (Å²) < 4.78 is 12.9. The van der Waals surface area contributed by atoms with Gasteiger partial charge in [0.2, 0.25) is 5.95 Å². The van der Waals surface area contributed by atoms with Crippen LogP contribution in [0.5, 0.6) is 0 Å². The van der Waals surface area contributed by atoms with E-state index in [1.54, 1.807) is 12.4 Å². The van der Waals surface area contributed by atoms with Crippen LogP contribution in [-0.4, -0.2) is 20.9 Å². The number of pyridine rings is 1. The Morgan fingerprint density at radius 3 is 3.00 bits per heavy atom. The molecule has 0 aliphatic carbocycles. The second kappa shape index (κ2) is 5.39. The van der Waals surface area contributed by atoms with Crippen molar-refractivity contribution in [1.29, 1.82) is 0 Å². The molecule has 2 aromatic rings. The van der Waals surface area contributed by atoms with E-state index in [1.807, 2.05) is 6.92 Å². The molecule has 0 aliphatic heterocycles. The van der Waals surface area contributed by atoms with Gasteiger partial charge in [-0.15, -0.1) is 0 Å². The van der Waals surface area contributed by atoms with Crippen molar-refractivity contribution < 1.29 is 9.18 Å². The van der Waals surface area contributed by atoms with E-state index in [-0.39, 0.29) is 11.7 Å². The first kappa shape index (κ1) is 12.2. The van der Waals surface area contributed by atoms with Crippen LogP contribution in [0, 0.1) is 5.95 Å². The molecule has 2 rings (SSSR count). The van der Waals surface area contributed by atoms with Crippen LogP contribution in [0.25, 0.3) is 0 Å². The van der Waals surface area contributed by atoms with Gasteiger partial charge in [-0.3, -0.25) is 4.79 Å². The molecule has 0 saturated heterocycles. The lowest BCUT2D eigenvalue weighted by molar-refractivity contribution is 0.0927. The summed E-state index contributed by atoms with van der Waals surface area (Å²) in [4.78, 5) is 22.4. The normalized spacial score (nSPS) is 12.1. The summed E-state index contributed by atoms with van der Waals surface area (Å²) in [6.07, 6.45) is 3.98. The monoisotopic (exact) mass is 248 g/mol. The number of nitrogens with zero attached hydrogens (tertiary/aromatic N) is 2. The fraction of sp³-hybridized carbons (Fsp3) is 0.250. The molecule has 1 unspecified atom stereocenters. The molecule has 1 atom stereocenters. The molecule has 0 fully saturated rings. The Morgan fingerprint density at radius 1 is 1.56 bits per heavy atom. The molecule has 18 heavy (non-hydrogen) atoms. The average molecular weight is 248 g/mol. The summed E-state index contributed by atoms with van der Waals surface area (Å²) in [6.45, 7) is 1.92. The Hall–Kier alpha value is -2.24. The second-order valence-electron chi connectivity index (χ2n) is 3.75. The van der Waals surface area contributed by atoms with Crippen molar-refractivity contribution in [1.82, 2.24) is 20.3 Å². The number of nitrogens with one attached hydrogen (secondary N) is 2. The maximum absolute atomic E-state index is 12.9. The van der Waals surface area contributed by atoms with E-state index in [1.165, 1.54) is 18.2 Å². The van der Waals surface area contributed by atoms with Crippen molar-refractivity contribution in [3.05, 3.63) is 48.1 Å². The highest BCUT2D eigenvalue weighted by molar-refractivity contribution is 5.92. The number of rotatable bonds is 4. The lowest BCUT2D eigenvalue weighted by Gasteiger charge is -2.14. The summed E-state index contributed by atoms with van der Waals surface area (Å²) in [5, 5.41) is 2.75. The van der Waals surface area contributed by atoms with Gasteiger partial charge < -0.3 is 10.3 Å². The molecule has 94 valence electrons. The number of hydrogen-bond acceptors (Lipinski definition) is 3. The third-order valence-electron chi connectivity index (χ3n) is 2.51. The van der Waals surface area contributed by atoms with E-state index in [4.69, 9.17) is 0 Å². The SMILES string of the molecule is CCC(NC(=O)c1cccc(F)n1)c1ncc[nH]1. The molecular formula is C12H13FN4O. The minimum Gasteiger partial charge on any atom is -0.347 e. The zero-order valence-electron chi connectivity index (χ0n) is 9.85. The van der Waals surface area contributed by atoms with Gasteiger partial charge in [0, 0.05) is 12.4 Å². The predicted octanol–water partition coefficient (Wildman–Crippen LogP) is 1.82. The van der Waals surface area contributed by atoms with Gasteiger partial charge in [-0.2, -0.15) is 4.39 Å². The van der Waals surface area contributed by atoms with E-state index in [9.17, 15) is 9.18 Å². The molecule has 0 aromatic carbocycles. The van der Waals surface area contributed by atoms with E-state index in [0.29, 0.717) is 12.2 Å². The number of amides is 1. The van der Waals surface area contributed by atoms with Crippen LogP contribution in [0.1, 0.15) is 35.7 Å². The van der Waals surface area contributed by atoms with Gasteiger partial charge >= 0.3 is 0 Å². The maximum atomic E-state index is 12.9. The second-order valence-corrected chi connectivity index (χ2v) is 3.75. The molecule has 0 radical (unpaired) electrons. The number of aromatic nitrogens is 3. The Kier molecular flexibility index (Phi) is 3.66. The summed E-state index contributed by atoms with van der Waals surface area (Å²) in [6, 6.07) is 3.87. The highest BCUT2D eigenvalue weighted by atomic mass is 19.1. The molecule has 5 nitrogen and oxygen atoms in total. The van der Waals surface area contributed by atoms with E-state index < -0.39 is 11.9 Å². The topological polar surface area (TPSA) is 70.7 Å². The quantitative estimate of drug-likeness (QED) is 0.811. The van der Waals surface area contributed by atoms with Gasteiger partial charge in [-0.25, -0.2) is 9.97 Å². The van der Waals surface area contributed by atoms with Gasteiger partial charge in [-0.05, 0) is 18.6 Å². The molecular weight excluding hydrogens is 235 g/mol. The molecule has 0 bridgehead atoms. The minimum absolute atomic E-state index is 0.0556. The third-order valence-corrected chi connectivity index (χ3v) is 2.51. The van der Waals surface area contributed by atoms with Crippen LogP contribution in [0.2, 0.25) is 0 Å². The van der Waals surface area contributed by atoms with E-state index in [2.05, 4.69) is 20.3 Å². The van der Waals surface area contributed by atoms with Crippen LogP contribution in [0.4, 0.5) is 4.39 Å². The van der Waals surface area contributed by atoms with Crippen LogP contribution in [-0.2, 0) is 0 Å². The molecule has 6 heteroatoms. The first-order chi connectivity index (χ1) is 8.70. The minimum atomic E-state index is -0.673. The van der Waals surface area contributed by atoms with Crippen LogP contribution < -0.4 is 5.32 Å². The van der Waals surface area contributed by atoms with Gasteiger partial charge in [0.1, 0.15) is 11.5 Å². The van der Waals surface area contributed by atoms with Gasteiger partial charge in [0.25, 0.3) is 5.91 Å². The number of hydrogen-bond donors (Lipinski definition) is 2. The molecule has 2 N–H and O–H groups in total. The summed E-state index contributed by atoms with van der Waals surface area (Å²) >= 11 is 0. The third kappa shape index (κ3) is 2.71. The number of imidazole rings is 1. The standard InChI is InChI=1S/C12H13FN4O/c1-2-8(11-14-6-7-15-11)17-12(18)9-4-3-5-10(13)16-9/h3-8H,2H2,1H3,(H,14,15)(H,17,18). The summed E-state index contributed by atoms with van der Waals surface area (Å²) in [7, 11) is 0. The van der Waals surface area contributed by atoms with Gasteiger partial charge in [0.15, 0.2) is 0 Å². The average Bonchev–Trinajstić information content (AvgIpc) is 2.89. The van der Waals surface area contributed by atoms with Crippen LogP contribution >= 0.6 is 0 Å². The fourth-order valence-electron chi connectivity index (χ4n) is 1.60. The van der Waals surface area contributed by atoms with E-state index >= 15 is 0 Å². The smallest absolute Gasteiger partial charge is 0.270 e. The van der Waals surface area contributed by atoms with Crippen molar-refractivity contribution in [2.45, 2.75) is 19.4 Å². The largest absolute Gasteiger partial charge is 0.347 e. The number of halogens is 1. The first-order valence-electron chi connectivity index (χ1n) is 5.63. The van der Waals surface area contributed by atoms with Crippen molar-refractivity contribution in [2.75, 3.05) is 0 Å². The fourth-order valence-corrected chi connectivity index (χ4v) is 1.60. The molecule has 2 aromatic heterocycles.